The van der Waals surface area contributed by atoms with E-state index < -0.39 is 28.8 Å². The number of rotatable bonds is 11. The second-order valence-corrected chi connectivity index (χ2v) is 15.4. The summed E-state index contributed by atoms with van der Waals surface area (Å²) in [6, 6.07) is 42.0. The second kappa shape index (κ2) is 15.0. The van der Waals surface area contributed by atoms with E-state index in [4.69, 9.17) is 24.9 Å². The number of aromatic nitrogens is 6. The smallest absolute Gasteiger partial charge is 0.337 e. The number of esters is 1. The predicted octanol–water partition coefficient (Wildman–Crippen LogP) is 8.52. The molecular weight excluding hydrogens is 751 g/mol. The summed E-state index contributed by atoms with van der Waals surface area (Å²) in [5, 5.41) is 24.5. The Morgan fingerprint density at radius 2 is 1.17 bits per heavy atom. The first-order valence-corrected chi connectivity index (χ1v) is 20.3. The van der Waals surface area contributed by atoms with Crippen LogP contribution in [0.25, 0.3) is 34.2 Å². The Kier molecular flexibility index (Phi) is 9.63. The van der Waals surface area contributed by atoms with Crippen molar-refractivity contribution < 1.29 is 19.4 Å². The molecule has 300 valence electrons. The third kappa shape index (κ3) is 5.75. The minimum Gasteiger partial charge on any atom is -0.463 e. The number of fused-ring (bicyclic) bond motifs is 3. The number of carbonyl (C=O) groups is 2. The number of allylic oxidation sites excluding steroid dienone is 1. The fourth-order valence-electron chi connectivity index (χ4n) is 9.11. The van der Waals surface area contributed by atoms with E-state index in [1.807, 2.05) is 130 Å². The number of aryl methyl sites for hydroxylation is 2. The van der Waals surface area contributed by atoms with Gasteiger partial charge in [0.25, 0.3) is 0 Å². The van der Waals surface area contributed by atoms with E-state index >= 15 is 4.79 Å². The Hall–Kier alpha value is -6.98. The normalized spacial score (nSPS) is 18.3. The van der Waals surface area contributed by atoms with Crippen molar-refractivity contribution in [3.8, 4) is 34.2 Å². The van der Waals surface area contributed by atoms with Crippen molar-refractivity contribution in [3.63, 3.8) is 0 Å². The third-order valence-electron chi connectivity index (χ3n) is 11.8. The van der Waals surface area contributed by atoms with Gasteiger partial charge in [0.05, 0.1) is 23.6 Å². The van der Waals surface area contributed by atoms with Crippen LogP contribution in [-0.2, 0) is 15.3 Å². The Morgan fingerprint density at radius 3 is 1.65 bits per heavy atom. The Balaban J connectivity index is 1.48. The molecule has 0 fully saturated rings. The van der Waals surface area contributed by atoms with Gasteiger partial charge in [-0.3, -0.25) is 4.79 Å². The van der Waals surface area contributed by atoms with Crippen LogP contribution < -0.4 is 0 Å². The highest BCUT2D eigenvalue weighted by molar-refractivity contribution is 6.15. The summed E-state index contributed by atoms with van der Waals surface area (Å²) in [7, 11) is 0. The standard InChI is InChI=1S/C49H45N7O4/c1-6-30-54-33(5)40(47(58)60-7-2)48(42(57)38-20-14-15-21-39(38)49(48,54)59)41(45-50-43(34-26-22-31(3)23-27-34)52-55(45)36-16-10-8-11-17-36)46-51-44(35-28-24-32(4)25-29-35)53-56(46)37-18-12-9-13-19-37/h8-29,41,59H,6-7,30H2,1-5H3/t48-,49+/m1/s1. The van der Waals surface area contributed by atoms with E-state index in [1.54, 1.807) is 52.4 Å². The number of hydrogen-bond acceptors (Lipinski definition) is 9. The van der Waals surface area contributed by atoms with Crippen molar-refractivity contribution in [2.75, 3.05) is 13.2 Å². The van der Waals surface area contributed by atoms with Crippen LogP contribution in [0.5, 0.6) is 0 Å². The zero-order valence-corrected chi connectivity index (χ0v) is 34.2. The number of aliphatic hydroxyl groups is 1. The van der Waals surface area contributed by atoms with Crippen molar-refractivity contribution in [3.05, 3.63) is 179 Å². The molecule has 2 atom stereocenters. The lowest BCUT2D eigenvalue weighted by Crippen LogP contribution is -2.56. The first-order valence-electron chi connectivity index (χ1n) is 20.3. The zero-order chi connectivity index (χ0) is 41.8. The van der Waals surface area contributed by atoms with Crippen molar-refractivity contribution in [2.45, 2.75) is 52.7 Å². The molecule has 0 saturated heterocycles. The highest BCUT2D eigenvalue weighted by atomic mass is 16.5. The van der Waals surface area contributed by atoms with E-state index in [9.17, 15) is 9.90 Å². The fraction of sp³-hybridized carbons (Fsp3) is 0.224. The Bertz CT molecular complexity index is 2650. The Morgan fingerprint density at radius 1 is 0.683 bits per heavy atom. The molecule has 0 amide bonds. The second-order valence-electron chi connectivity index (χ2n) is 15.4. The molecule has 2 aromatic heterocycles. The molecule has 11 nitrogen and oxygen atoms in total. The van der Waals surface area contributed by atoms with Gasteiger partial charge in [-0.2, -0.15) is 0 Å². The van der Waals surface area contributed by atoms with Crippen LogP contribution in [0.1, 0.15) is 71.8 Å². The van der Waals surface area contributed by atoms with Gasteiger partial charge in [0.1, 0.15) is 23.0 Å². The summed E-state index contributed by atoms with van der Waals surface area (Å²) in [4.78, 5) is 43.7. The Labute approximate surface area is 348 Å². The number of nitrogens with zero attached hydrogens (tertiary/aromatic N) is 7. The van der Waals surface area contributed by atoms with E-state index in [0.717, 1.165) is 22.3 Å². The summed E-state index contributed by atoms with van der Waals surface area (Å²) in [5.41, 5.74) is 1.79. The highest BCUT2D eigenvalue weighted by Gasteiger charge is 2.77. The number of para-hydroxylation sites is 2. The minimum atomic E-state index is -2.13. The van der Waals surface area contributed by atoms with Gasteiger partial charge < -0.3 is 14.7 Å². The molecule has 0 unspecified atom stereocenters. The zero-order valence-electron chi connectivity index (χ0n) is 34.2. The van der Waals surface area contributed by atoms with Crippen LogP contribution in [0.2, 0.25) is 0 Å². The molecule has 11 heteroatoms. The first kappa shape index (κ1) is 38.5. The van der Waals surface area contributed by atoms with Crippen molar-refractivity contribution >= 4 is 11.8 Å². The van der Waals surface area contributed by atoms with Crippen LogP contribution in [0.4, 0.5) is 0 Å². The van der Waals surface area contributed by atoms with Crippen molar-refractivity contribution in [2.24, 2.45) is 5.41 Å². The molecule has 0 saturated carbocycles. The first-order chi connectivity index (χ1) is 29.1. The van der Waals surface area contributed by atoms with Gasteiger partial charge in [0, 0.05) is 34.5 Å². The van der Waals surface area contributed by atoms with Crippen LogP contribution in [-0.4, -0.2) is 64.4 Å². The van der Waals surface area contributed by atoms with Gasteiger partial charge >= 0.3 is 5.97 Å². The van der Waals surface area contributed by atoms with E-state index in [2.05, 4.69) is 0 Å². The summed E-state index contributed by atoms with van der Waals surface area (Å²) >= 11 is 0. The number of Topliss-reactive ketones (excluding diaryl/α,β-unsaturated/α-hetero) is 1. The molecule has 2 aliphatic rings. The van der Waals surface area contributed by atoms with Crippen LogP contribution in [0.3, 0.4) is 0 Å². The van der Waals surface area contributed by atoms with Gasteiger partial charge in [-0.1, -0.05) is 127 Å². The van der Waals surface area contributed by atoms with Crippen LogP contribution in [0.15, 0.2) is 145 Å². The maximum atomic E-state index is 16.2. The number of benzene rings is 5. The van der Waals surface area contributed by atoms with Crippen molar-refractivity contribution in [1.82, 2.24) is 34.4 Å². The molecule has 0 bridgehead atoms. The molecule has 0 spiro atoms. The third-order valence-corrected chi connectivity index (χ3v) is 11.8. The number of ether oxygens (including phenoxy) is 1. The molecule has 3 heterocycles. The largest absolute Gasteiger partial charge is 0.463 e. The molecule has 0 radical (unpaired) electrons. The van der Waals surface area contributed by atoms with Gasteiger partial charge in [0.2, 0.25) is 0 Å². The maximum absolute atomic E-state index is 16.2. The van der Waals surface area contributed by atoms with Crippen LogP contribution >= 0.6 is 0 Å². The topological polar surface area (TPSA) is 128 Å². The summed E-state index contributed by atoms with van der Waals surface area (Å²) < 4.78 is 9.32. The van der Waals surface area contributed by atoms with Crippen molar-refractivity contribution in [1.29, 1.82) is 0 Å². The van der Waals surface area contributed by atoms with E-state index in [0.29, 0.717) is 47.2 Å². The lowest BCUT2D eigenvalue weighted by atomic mass is 9.62. The number of ketones is 1. The molecule has 1 aliphatic carbocycles. The summed E-state index contributed by atoms with van der Waals surface area (Å²) in [6.45, 7) is 9.90. The molecule has 1 aliphatic heterocycles. The lowest BCUT2D eigenvalue weighted by Gasteiger charge is -2.45. The predicted molar refractivity (Wildman–Crippen MR) is 228 cm³/mol. The van der Waals surface area contributed by atoms with Gasteiger partial charge in [-0.05, 0) is 58.4 Å². The number of hydrogen-bond donors (Lipinski definition) is 1. The maximum Gasteiger partial charge on any atom is 0.337 e. The van der Waals surface area contributed by atoms with Gasteiger partial charge in [-0.25, -0.2) is 24.1 Å². The summed E-state index contributed by atoms with van der Waals surface area (Å²) in [5.74, 6) is -1.20. The quantitative estimate of drug-likeness (QED) is 0.128. The minimum absolute atomic E-state index is 0.0329. The average Bonchev–Trinajstić information content (AvgIpc) is 4.00. The molecule has 1 N–H and O–H groups in total. The molecule has 60 heavy (non-hydrogen) atoms. The summed E-state index contributed by atoms with van der Waals surface area (Å²) in [6.07, 6.45) is 0.600. The average molecular weight is 796 g/mol. The van der Waals surface area contributed by atoms with Crippen LogP contribution in [0, 0.1) is 19.3 Å². The molecule has 7 aromatic rings. The highest BCUT2D eigenvalue weighted by Crippen LogP contribution is 2.68. The van der Waals surface area contributed by atoms with Gasteiger partial charge in [0.15, 0.2) is 23.2 Å². The molecule has 5 aromatic carbocycles. The van der Waals surface area contributed by atoms with E-state index in [1.165, 1.54) is 0 Å². The molecule has 9 rings (SSSR count). The monoisotopic (exact) mass is 795 g/mol. The van der Waals surface area contributed by atoms with E-state index in [-0.39, 0.29) is 29.4 Å². The van der Waals surface area contributed by atoms with Gasteiger partial charge in [-0.15, -0.1) is 10.2 Å². The molecular formula is C49H45N7O4. The number of carbonyl (C=O) groups excluding carboxylic acids is 2. The fourth-order valence-corrected chi connectivity index (χ4v) is 9.11. The SMILES string of the molecule is CCCN1C(C)=C(C(=O)OCC)[C@@]2(C(c3nc(-c4ccc(C)cc4)nn3-c3ccccc3)c3nc(-c4ccc(C)cc4)nn3-c3ccccc3)C(=O)c3ccccc3[C@@]12O. The lowest BCUT2D eigenvalue weighted by molar-refractivity contribution is -0.153.